The summed E-state index contributed by atoms with van der Waals surface area (Å²) in [5, 5.41) is 0. The second kappa shape index (κ2) is 3.53. The number of hydrogen-bond acceptors (Lipinski definition) is 1. The maximum atomic E-state index is 13.0. The van der Waals surface area contributed by atoms with E-state index >= 15 is 0 Å². The van der Waals surface area contributed by atoms with Gasteiger partial charge in [0.2, 0.25) is 0 Å². The highest BCUT2D eigenvalue weighted by Crippen LogP contribution is 2.03. The highest BCUT2D eigenvalue weighted by molar-refractivity contribution is 6.32. The normalized spacial score (nSPS) is 10.0. The number of hydrogen-bond donors (Lipinski definition) is 1. The molecule has 1 nitrogen and oxygen atoms in total. The fourth-order valence-corrected chi connectivity index (χ4v) is 1.01. The molecule has 0 unspecified atom stereocenters. The van der Waals surface area contributed by atoms with Gasteiger partial charge in [0, 0.05) is 0 Å². The van der Waals surface area contributed by atoms with Crippen molar-refractivity contribution in [3.63, 3.8) is 0 Å². The number of nitrogens with two attached hydrogens (primary N) is 1. The van der Waals surface area contributed by atoms with Crippen molar-refractivity contribution in [3.8, 4) is 0 Å². The second-order valence-corrected chi connectivity index (χ2v) is 2.63. The molecule has 0 heterocycles. The van der Waals surface area contributed by atoms with E-state index in [1.165, 1.54) is 6.07 Å². The van der Waals surface area contributed by atoms with Gasteiger partial charge in [0.15, 0.2) is 0 Å². The highest BCUT2D eigenvalue weighted by atomic mass is 19.1. The molecule has 0 saturated carbocycles. The molecular formula is C8H11BFN. The lowest BCUT2D eigenvalue weighted by Gasteiger charge is -2.00. The zero-order chi connectivity index (χ0) is 8.27. The average molecular weight is 151 g/mol. The van der Waals surface area contributed by atoms with E-state index in [4.69, 9.17) is 5.73 Å². The van der Waals surface area contributed by atoms with E-state index in [1.807, 2.05) is 13.9 Å². The van der Waals surface area contributed by atoms with Crippen molar-refractivity contribution in [2.75, 3.05) is 6.54 Å². The van der Waals surface area contributed by atoms with Crippen molar-refractivity contribution in [1.82, 2.24) is 0 Å². The smallest absolute Gasteiger partial charge is 0.139 e. The van der Waals surface area contributed by atoms with Gasteiger partial charge in [-0.2, -0.15) is 0 Å². The van der Waals surface area contributed by atoms with Gasteiger partial charge in [0.1, 0.15) is 13.7 Å². The standard InChI is InChI=1S/C8H11BFN/c9-7-2-1-6(3-4-11)8(10)5-7/h1-2,5H,3-4,9,11H2. The SMILES string of the molecule is Bc1ccc(CCN)c(F)c1. The predicted octanol–water partition coefficient (Wildman–Crippen LogP) is -0.415. The van der Waals surface area contributed by atoms with Gasteiger partial charge < -0.3 is 5.73 Å². The van der Waals surface area contributed by atoms with Crippen LogP contribution in [0.4, 0.5) is 4.39 Å². The molecule has 58 valence electrons. The van der Waals surface area contributed by atoms with Gasteiger partial charge in [0.25, 0.3) is 0 Å². The predicted molar refractivity (Wildman–Crippen MR) is 47.3 cm³/mol. The summed E-state index contributed by atoms with van der Waals surface area (Å²) in [6.45, 7) is 0.500. The van der Waals surface area contributed by atoms with E-state index in [0.717, 1.165) is 5.46 Å². The molecule has 0 saturated heterocycles. The first-order valence-electron chi connectivity index (χ1n) is 3.69. The molecule has 3 heteroatoms. The molecule has 0 bridgehead atoms. The first-order chi connectivity index (χ1) is 5.24. The van der Waals surface area contributed by atoms with Gasteiger partial charge in [-0.25, -0.2) is 4.39 Å². The molecule has 0 amide bonds. The van der Waals surface area contributed by atoms with Crippen LogP contribution in [0.25, 0.3) is 0 Å². The Hall–Kier alpha value is -0.825. The van der Waals surface area contributed by atoms with Crippen LogP contribution in [0.3, 0.4) is 0 Å². The fourth-order valence-electron chi connectivity index (χ4n) is 1.01. The Labute approximate surface area is 66.8 Å². The Morgan fingerprint density at radius 1 is 1.45 bits per heavy atom. The molecule has 0 aliphatic heterocycles. The minimum atomic E-state index is -0.143. The first-order valence-corrected chi connectivity index (χ1v) is 3.69. The minimum absolute atomic E-state index is 0.143. The molecule has 0 atom stereocenters. The second-order valence-electron chi connectivity index (χ2n) is 2.63. The molecule has 0 aromatic heterocycles. The van der Waals surface area contributed by atoms with Gasteiger partial charge in [0.05, 0.1) is 0 Å². The Bertz CT molecular complexity index is 250. The molecule has 0 aliphatic carbocycles. The van der Waals surface area contributed by atoms with Gasteiger partial charge in [-0.1, -0.05) is 17.6 Å². The maximum Gasteiger partial charge on any atom is 0.139 e. The van der Waals surface area contributed by atoms with Gasteiger partial charge >= 0.3 is 0 Å². The third kappa shape index (κ3) is 2.05. The number of benzene rings is 1. The van der Waals surface area contributed by atoms with Crippen LogP contribution in [-0.4, -0.2) is 14.4 Å². The Kier molecular flexibility index (Phi) is 2.66. The Morgan fingerprint density at radius 3 is 2.73 bits per heavy atom. The molecule has 0 fully saturated rings. The molecule has 1 aromatic carbocycles. The molecule has 11 heavy (non-hydrogen) atoms. The topological polar surface area (TPSA) is 26.0 Å². The molecule has 0 spiro atoms. The lowest BCUT2D eigenvalue weighted by atomic mass is 9.94. The van der Waals surface area contributed by atoms with E-state index in [1.54, 1.807) is 6.07 Å². The summed E-state index contributed by atoms with van der Waals surface area (Å²) in [4.78, 5) is 0. The van der Waals surface area contributed by atoms with Crippen molar-refractivity contribution in [1.29, 1.82) is 0 Å². The highest BCUT2D eigenvalue weighted by Gasteiger charge is 1.99. The van der Waals surface area contributed by atoms with E-state index < -0.39 is 0 Å². The molecule has 2 N–H and O–H groups in total. The van der Waals surface area contributed by atoms with Crippen LogP contribution in [0.15, 0.2) is 18.2 Å². The lowest BCUT2D eigenvalue weighted by molar-refractivity contribution is 0.611. The summed E-state index contributed by atoms with van der Waals surface area (Å²) < 4.78 is 13.0. The molecule has 1 rings (SSSR count). The van der Waals surface area contributed by atoms with E-state index in [-0.39, 0.29) is 5.82 Å². The zero-order valence-corrected chi connectivity index (χ0v) is 6.60. The zero-order valence-electron chi connectivity index (χ0n) is 6.60. The quantitative estimate of drug-likeness (QED) is 0.571. The maximum absolute atomic E-state index is 13.0. The molecule has 0 aliphatic rings. The summed E-state index contributed by atoms with van der Waals surface area (Å²) in [5.41, 5.74) is 6.95. The van der Waals surface area contributed by atoms with Crippen molar-refractivity contribution in [3.05, 3.63) is 29.6 Å². The number of rotatable bonds is 2. The average Bonchev–Trinajstić information content (AvgIpc) is 1.95. The van der Waals surface area contributed by atoms with Crippen molar-refractivity contribution < 1.29 is 4.39 Å². The summed E-state index contributed by atoms with van der Waals surface area (Å²) in [5.74, 6) is -0.143. The van der Waals surface area contributed by atoms with Crippen LogP contribution in [0.5, 0.6) is 0 Å². The summed E-state index contributed by atoms with van der Waals surface area (Å²) in [7, 11) is 1.87. The third-order valence-electron chi connectivity index (χ3n) is 1.62. The van der Waals surface area contributed by atoms with Crippen LogP contribution < -0.4 is 11.2 Å². The summed E-state index contributed by atoms with van der Waals surface area (Å²) in [6, 6.07) is 5.22. The van der Waals surface area contributed by atoms with E-state index in [0.29, 0.717) is 18.5 Å². The minimum Gasteiger partial charge on any atom is -0.330 e. The van der Waals surface area contributed by atoms with Gasteiger partial charge in [-0.15, -0.1) is 0 Å². The Balaban J connectivity index is 2.90. The monoisotopic (exact) mass is 151 g/mol. The van der Waals surface area contributed by atoms with Crippen LogP contribution in [0.2, 0.25) is 0 Å². The van der Waals surface area contributed by atoms with Crippen molar-refractivity contribution in [2.24, 2.45) is 5.73 Å². The van der Waals surface area contributed by atoms with Gasteiger partial charge in [-0.3, -0.25) is 0 Å². The fraction of sp³-hybridized carbons (Fsp3) is 0.250. The Morgan fingerprint density at radius 2 is 2.18 bits per heavy atom. The molecule has 1 aromatic rings. The van der Waals surface area contributed by atoms with Crippen LogP contribution in [0, 0.1) is 5.82 Å². The first kappa shape index (κ1) is 8.27. The van der Waals surface area contributed by atoms with Crippen LogP contribution >= 0.6 is 0 Å². The molecule has 0 radical (unpaired) electrons. The van der Waals surface area contributed by atoms with Crippen molar-refractivity contribution in [2.45, 2.75) is 6.42 Å². The van der Waals surface area contributed by atoms with E-state index in [2.05, 4.69) is 0 Å². The largest absolute Gasteiger partial charge is 0.330 e. The summed E-state index contributed by atoms with van der Waals surface area (Å²) in [6.07, 6.45) is 0.617. The van der Waals surface area contributed by atoms with Crippen molar-refractivity contribution >= 4 is 13.3 Å². The van der Waals surface area contributed by atoms with E-state index in [9.17, 15) is 4.39 Å². The van der Waals surface area contributed by atoms with Crippen LogP contribution in [-0.2, 0) is 6.42 Å². The third-order valence-corrected chi connectivity index (χ3v) is 1.62. The lowest BCUT2D eigenvalue weighted by Crippen LogP contribution is -2.08. The van der Waals surface area contributed by atoms with Crippen LogP contribution in [0.1, 0.15) is 5.56 Å². The number of halogens is 1. The summed E-state index contributed by atoms with van der Waals surface area (Å²) >= 11 is 0. The molecular weight excluding hydrogens is 140 g/mol. The van der Waals surface area contributed by atoms with Gasteiger partial charge in [-0.05, 0) is 24.6 Å².